The Morgan fingerprint density at radius 2 is 2.22 bits per heavy atom. The highest BCUT2D eigenvalue weighted by molar-refractivity contribution is 5.00. The predicted octanol–water partition coefficient (Wildman–Crippen LogP) is 0.690. The van der Waals surface area contributed by atoms with E-state index in [0.29, 0.717) is 0 Å². The lowest BCUT2D eigenvalue weighted by molar-refractivity contribution is 0.0409. The maximum Gasteiger partial charge on any atom is 0.117 e. The van der Waals surface area contributed by atoms with E-state index in [-0.39, 0.29) is 11.7 Å². The van der Waals surface area contributed by atoms with Crippen LogP contribution < -0.4 is 0 Å². The van der Waals surface area contributed by atoms with Crippen LogP contribution in [0.2, 0.25) is 0 Å². The first-order valence-corrected chi connectivity index (χ1v) is 3.66. The highest BCUT2D eigenvalue weighted by atomic mass is 16.6. The zero-order valence-corrected chi connectivity index (χ0v) is 5.47. The summed E-state index contributed by atoms with van der Waals surface area (Å²) in [6.45, 7) is 0.800. The Morgan fingerprint density at radius 1 is 1.44 bits per heavy atom. The number of aliphatic hydroxyl groups excluding tert-OH is 1. The van der Waals surface area contributed by atoms with Crippen LogP contribution in [0, 0.1) is 0 Å². The summed E-state index contributed by atoms with van der Waals surface area (Å²) < 4.78 is 5.20. The molecule has 1 saturated carbocycles. The van der Waals surface area contributed by atoms with Gasteiger partial charge < -0.3 is 9.84 Å². The highest BCUT2D eigenvalue weighted by Gasteiger charge is 2.51. The van der Waals surface area contributed by atoms with Crippen molar-refractivity contribution in [3.8, 4) is 0 Å². The van der Waals surface area contributed by atoms with E-state index in [1.165, 1.54) is 12.8 Å². The fourth-order valence-corrected chi connectivity index (χ4v) is 1.62. The minimum atomic E-state index is -0.161. The molecule has 52 valence electrons. The fraction of sp³-hybridized carbons (Fsp3) is 1.00. The standard InChI is InChI=1S/C7H12O2/c8-6-3-1-2-4-7(6)5-9-7/h6,8H,1-5H2. The normalized spacial score (nSPS) is 49.7. The van der Waals surface area contributed by atoms with Crippen molar-refractivity contribution in [2.45, 2.75) is 37.4 Å². The van der Waals surface area contributed by atoms with E-state index in [2.05, 4.69) is 0 Å². The van der Waals surface area contributed by atoms with Gasteiger partial charge in [0.05, 0.1) is 12.7 Å². The van der Waals surface area contributed by atoms with Crippen molar-refractivity contribution >= 4 is 0 Å². The summed E-state index contributed by atoms with van der Waals surface area (Å²) in [6.07, 6.45) is 4.27. The van der Waals surface area contributed by atoms with Gasteiger partial charge in [0.15, 0.2) is 0 Å². The van der Waals surface area contributed by atoms with Gasteiger partial charge in [-0.3, -0.25) is 0 Å². The lowest BCUT2D eigenvalue weighted by atomic mass is 9.87. The fourth-order valence-electron chi connectivity index (χ4n) is 1.62. The number of aliphatic hydroxyl groups is 1. The smallest absolute Gasteiger partial charge is 0.117 e. The van der Waals surface area contributed by atoms with Crippen LogP contribution >= 0.6 is 0 Å². The first-order chi connectivity index (χ1) is 4.33. The lowest BCUT2D eigenvalue weighted by Gasteiger charge is -2.23. The van der Waals surface area contributed by atoms with Crippen molar-refractivity contribution in [2.24, 2.45) is 0 Å². The molecule has 0 bridgehead atoms. The summed E-state index contributed by atoms with van der Waals surface area (Å²) in [4.78, 5) is 0. The van der Waals surface area contributed by atoms with Crippen LogP contribution in [0.1, 0.15) is 25.7 Å². The third-order valence-electron chi connectivity index (χ3n) is 2.45. The molecule has 2 nitrogen and oxygen atoms in total. The molecule has 2 rings (SSSR count). The molecular weight excluding hydrogens is 116 g/mol. The monoisotopic (exact) mass is 128 g/mol. The molecule has 9 heavy (non-hydrogen) atoms. The van der Waals surface area contributed by atoms with Crippen LogP contribution in [0.25, 0.3) is 0 Å². The van der Waals surface area contributed by atoms with E-state index in [4.69, 9.17) is 4.74 Å². The first kappa shape index (κ1) is 5.69. The topological polar surface area (TPSA) is 32.8 Å². The van der Waals surface area contributed by atoms with Gasteiger partial charge in [-0.15, -0.1) is 0 Å². The second-order valence-corrected chi connectivity index (χ2v) is 3.12. The van der Waals surface area contributed by atoms with E-state index >= 15 is 0 Å². The highest BCUT2D eigenvalue weighted by Crippen LogP contribution is 2.41. The Bertz CT molecular complexity index is 118. The number of epoxide rings is 1. The molecule has 1 aliphatic heterocycles. The summed E-state index contributed by atoms with van der Waals surface area (Å²) in [5.41, 5.74) is -0.0573. The molecule has 2 heteroatoms. The molecule has 2 aliphatic rings. The van der Waals surface area contributed by atoms with Crippen LogP contribution in [-0.4, -0.2) is 23.4 Å². The third-order valence-corrected chi connectivity index (χ3v) is 2.45. The maximum atomic E-state index is 9.37. The van der Waals surface area contributed by atoms with Crippen LogP contribution in [0.4, 0.5) is 0 Å². The zero-order valence-electron chi connectivity index (χ0n) is 5.47. The minimum absolute atomic E-state index is 0.0573. The van der Waals surface area contributed by atoms with Crippen molar-refractivity contribution in [1.29, 1.82) is 0 Å². The summed E-state index contributed by atoms with van der Waals surface area (Å²) >= 11 is 0. The Kier molecular flexibility index (Phi) is 1.08. The van der Waals surface area contributed by atoms with E-state index in [1.807, 2.05) is 0 Å². The van der Waals surface area contributed by atoms with Crippen molar-refractivity contribution in [2.75, 3.05) is 6.61 Å². The summed E-state index contributed by atoms with van der Waals surface area (Å²) in [7, 11) is 0. The Balaban J connectivity index is 2.03. The number of hydrogen-bond acceptors (Lipinski definition) is 2. The minimum Gasteiger partial charge on any atom is -0.390 e. The summed E-state index contributed by atoms with van der Waals surface area (Å²) in [6, 6.07) is 0. The second-order valence-electron chi connectivity index (χ2n) is 3.12. The average Bonchev–Trinajstić information content (AvgIpc) is 2.60. The Morgan fingerprint density at radius 3 is 2.67 bits per heavy atom. The van der Waals surface area contributed by atoms with E-state index in [1.54, 1.807) is 0 Å². The van der Waals surface area contributed by atoms with Gasteiger partial charge in [0, 0.05) is 0 Å². The van der Waals surface area contributed by atoms with E-state index in [9.17, 15) is 5.11 Å². The first-order valence-electron chi connectivity index (χ1n) is 3.66. The predicted molar refractivity (Wildman–Crippen MR) is 33.2 cm³/mol. The van der Waals surface area contributed by atoms with Gasteiger partial charge in [0.25, 0.3) is 0 Å². The van der Waals surface area contributed by atoms with Gasteiger partial charge in [-0.05, 0) is 12.8 Å². The SMILES string of the molecule is OC1CCCCC12CO2. The number of rotatable bonds is 0. The van der Waals surface area contributed by atoms with Gasteiger partial charge in [0.2, 0.25) is 0 Å². The molecule has 2 atom stereocenters. The van der Waals surface area contributed by atoms with Crippen molar-refractivity contribution in [1.82, 2.24) is 0 Å². The Labute approximate surface area is 54.8 Å². The van der Waals surface area contributed by atoms with Crippen molar-refractivity contribution in [3.63, 3.8) is 0 Å². The van der Waals surface area contributed by atoms with Crippen LogP contribution in [0.15, 0.2) is 0 Å². The van der Waals surface area contributed by atoms with Gasteiger partial charge in [-0.2, -0.15) is 0 Å². The third kappa shape index (κ3) is 0.775. The van der Waals surface area contributed by atoms with Crippen molar-refractivity contribution < 1.29 is 9.84 Å². The van der Waals surface area contributed by atoms with E-state index in [0.717, 1.165) is 19.4 Å². The van der Waals surface area contributed by atoms with Crippen LogP contribution in [0.5, 0.6) is 0 Å². The molecule has 0 aromatic heterocycles. The Hall–Kier alpha value is -0.0800. The van der Waals surface area contributed by atoms with E-state index < -0.39 is 0 Å². The molecule has 1 heterocycles. The molecule has 1 saturated heterocycles. The molecular formula is C7H12O2. The number of ether oxygens (including phenoxy) is 1. The largest absolute Gasteiger partial charge is 0.390 e. The van der Waals surface area contributed by atoms with Crippen LogP contribution in [-0.2, 0) is 4.74 Å². The van der Waals surface area contributed by atoms with Gasteiger partial charge in [-0.25, -0.2) is 0 Å². The molecule has 0 aromatic rings. The second kappa shape index (κ2) is 1.70. The molecule has 0 amide bonds. The molecule has 2 unspecified atom stereocenters. The molecule has 0 aromatic carbocycles. The van der Waals surface area contributed by atoms with Gasteiger partial charge in [0.1, 0.15) is 5.60 Å². The zero-order chi connectivity index (χ0) is 6.32. The number of hydrogen-bond donors (Lipinski definition) is 1. The molecule has 2 fully saturated rings. The summed E-state index contributed by atoms with van der Waals surface area (Å²) in [5, 5.41) is 9.37. The quantitative estimate of drug-likeness (QED) is 0.487. The molecule has 1 spiro atoms. The summed E-state index contributed by atoms with van der Waals surface area (Å²) in [5.74, 6) is 0. The maximum absolute atomic E-state index is 9.37. The lowest BCUT2D eigenvalue weighted by Crippen LogP contribution is -2.32. The molecule has 1 N–H and O–H groups in total. The molecule has 1 aliphatic carbocycles. The van der Waals surface area contributed by atoms with Crippen LogP contribution in [0.3, 0.4) is 0 Å². The van der Waals surface area contributed by atoms with Gasteiger partial charge in [-0.1, -0.05) is 12.8 Å². The van der Waals surface area contributed by atoms with Crippen molar-refractivity contribution in [3.05, 3.63) is 0 Å². The molecule has 0 radical (unpaired) electrons. The average molecular weight is 128 g/mol. The van der Waals surface area contributed by atoms with Gasteiger partial charge >= 0.3 is 0 Å².